The van der Waals surface area contributed by atoms with Crippen LogP contribution in [0.1, 0.15) is 37.8 Å². The van der Waals surface area contributed by atoms with Crippen LogP contribution in [0.5, 0.6) is 5.75 Å². The van der Waals surface area contributed by atoms with Crippen molar-refractivity contribution < 1.29 is 23.9 Å². The van der Waals surface area contributed by atoms with Gasteiger partial charge in [0, 0.05) is 12.0 Å². The van der Waals surface area contributed by atoms with Crippen LogP contribution >= 0.6 is 0 Å². The summed E-state index contributed by atoms with van der Waals surface area (Å²) in [5, 5.41) is 13.7. The van der Waals surface area contributed by atoms with E-state index >= 15 is 0 Å². The first kappa shape index (κ1) is 24.0. The predicted octanol–water partition coefficient (Wildman–Crippen LogP) is 5.32. The van der Waals surface area contributed by atoms with Crippen molar-refractivity contribution in [1.82, 2.24) is 4.98 Å². The number of benzene rings is 2. The largest absolute Gasteiger partial charge is 0.493 e. The second-order valence-corrected chi connectivity index (χ2v) is 8.04. The third-order valence-electron chi connectivity index (χ3n) is 5.60. The van der Waals surface area contributed by atoms with Gasteiger partial charge in [-0.25, -0.2) is 4.98 Å². The van der Waals surface area contributed by atoms with E-state index in [2.05, 4.69) is 10.1 Å². The predicted molar refractivity (Wildman–Crippen MR) is 126 cm³/mol. The quantitative estimate of drug-likeness (QED) is 0.314. The lowest BCUT2D eigenvalue weighted by Gasteiger charge is -2.24. The highest BCUT2D eigenvalue weighted by Crippen LogP contribution is 2.27. The number of oxime groups is 1. The van der Waals surface area contributed by atoms with Crippen LogP contribution in [-0.4, -0.2) is 35.0 Å². The molecule has 2 aromatic carbocycles. The van der Waals surface area contributed by atoms with E-state index in [0.717, 1.165) is 22.6 Å². The highest BCUT2D eigenvalue weighted by Gasteiger charge is 2.37. The highest BCUT2D eigenvalue weighted by atomic mass is 16.6. The number of carboxylic acids is 1. The van der Waals surface area contributed by atoms with E-state index in [0.29, 0.717) is 43.4 Å². The van der Waals surface area contributed by atoms with E-state index in [9.17, 15) is 9.90 Å². The van der Waals surface area contributed by atoms with E-state index in [1.807, 2.05) is 61.5 Å². The monoisotopic (exact) mass is 450 g/mol. The molecule has 0 aliphatic heterocycles. The van der Waals surface area contributed by atoms with Crippen molar-refractivity contribution in [1.29, 1.82) is 0 Å². The van der Waals surface area contributed by atoms with Gasteiger partial charge in [-0.2, -0.15) is 0 Å². The van der Waals surface area contributed by atoms with Gasteiger partial charge in [0.1, 0.15) is 23.5 Å². The van der Waals surface area contributed by atoms with Gasteiger partial charge in [0.15, 0.2) is 0 Å². The number of rotatable bonds is 11. The summed E-state index contributed by atoms with van der Waals surface area (Å²) in [5.41, 5.74) is 1.96. The third kappa shape index (κ3) is 6.00. The van der Waals surface area contributed by atoms with Crippen molar-refractivity contribution in [3.63, 3.8) is 0 Å². The molecule has 174 valence electrons. The molecule has 1 aromatic heterocycles. The van der Waals surface area contributed by atoms with E-state index in [1.54, 1.807) is 20.8 Å². The zero-order chi connectivity index (χ0) is 23.8. The van der Waals surface area contributed by atoms with E-state index < -0.39 is 11.4 Å². The highest BCUT2D eigenvalue weighted by molar-refractivity contribution is 6.04. The van der Waals surface area contributed by atoms with Crippen molar-refractivity contribution in [2.75, 3.05) is 13.2 Å². The van der Waals surface area contributed by atoms with Gasteiger partial charge < -0.3 is 19.1 Å². The molecular weight excluding hydrogens is 420 g/mol. The Kier molecular flexibility index (Phi) is 7.87. The number of hydrogen-bond acceptors (Lipinski definition) is 6. The van der Waals surface area contributed by atoms with Crippen LogP contribution in [0, 0.1) is 12.3 Å². The maximum atomic E-state index is 11.9. The molecule has 7 nitrogen and oxygen atoms in total. The molecule has 1 heterocycles. The Labute approximate surface area is 194 Å². The van der Waals surface area contributed by atoms with E-state index in [-0.39, 0.29) is 0 Å². The van der Waals surface area contributed by atoms with E-state index in [4.69, 9.17) is 14.0 Å². The number of hydrogen-bond donors (Lipinski definition) is 1. The Morgan fingerprint density at radius 3 is 2.48 bits per heavy atom. The number of aliphatic carboxylic acids is 1. The van der Waals surface area contributed by atoms with Crippen LogP contribution in [-0.2, 0) is 22.5 Å². The maximum absolute atomic E-state index is 11.9. The summed E-state index contributed by atoms with van der Waals surface area (Å²) in [5.74, 6) is 1.16. The molecule has 0 aliphatic rings. The van der Waals surface area contributed by atoms with Crippen LogP contribution in [0.25, 0.3) is 11.5 Å². The molecule has 0 amide bonds. The molecule has 0 aliphatic carbocycles. The zero-order valence-corrected chi connectivity index (χ0v) is 19.5. The molecule has 33 heavy (non-hydrogen) atoms. The van der Waals surface area contributed by atoms with Crippen LogP contribution < -0.4 is 4.74 Å². The zero-order valence-electron chi connectivity index (χ0n) is 19.5. The van der Waals surface area contributed by atoms with Crippen molar-refractivity contribution in [2.45, 2.75) is 40.5 Å². The molecule has 1 atom stereocenters. The summed E-state index contributed by atoms with van der Waals surface area (Å²) >= 11 is 0. The first-order valence-corrected chi connectivity index (χ1v) is 11.0. The van der Waals surface area contributed by atoms with Crippen molar-refractivity contribution >= 4 is 11.7 Å². The summed E-state index contributed by atoms with van der Waals surface area (Å²) in [6.07, 6.45) is 0.916. The molecular formula is C26H30N2O5. The Morgan fingerprint density at radius 2 is 1.85 bits per heavy atom. The van der Waals surface area contributed by atoms with Crippen LogP contribution in [0.15, 0.2) is 64.2 Å². The molecule has 1 unspecified atom stereocenters. The Balaban J connectivity index is 1.59. The van der Waals surface area contributed by atoms with Gasteiger partial charge in [-0.05, 0) is 63.9 Å². The number of aromatic nitrogens is 1. The average molecular weight is 451 g/mol. The molecule has 0 saturated heterocycles. The van der Waals surface area contributed by atoms with Crippen molar-refractivity contribution in [2.24, 2.45) is 10.6 Å². The van der Waals surface area contributed by atoms with Crippen molar-refractivity contribution in [3.05, 3.63) is 71.6 Å². The fourth-order valence-corrected chi connectivity index (χ4v) is 3.36. The summed E-state index contributed by atoms with van der Waals surface area (Å²) in [6.45, 7) is 7.88. The molecule has 7 heteroatoms. The van der Waals surface area contributed by atoms with Gasteiger partial charge in [0.05, 0.1) is 18.0 Å². The minimum Gasteiger partial charge on any atom is -0.493 e. The van der Waals surface area contributed by atoms with Crippen LogP contribution in [0.2, 0.25) is 0 Å². The number of nitrogens with zero attached hydrogens (tertiary/aromatic N) is 2. The first-order chi connectivity index (χ1) is 15.8. The Morgan fingerprint density at radius 1 is 1.15 bits per heavy atom. The average Bonchev–Trinajstić information content (AvgIpc) is 3.19. The third-order valence-corrected chi connectivity index (χ3v) is 5.60. The lowest BCUT2D eigenvalue weighted by molar-refractivity contribution is -0.144. The maximum Gasteiger partial charge on any atom is 0.315 e. The topological polar surface area (TPSA) is 94.2 Å². The number of carbonyl (C=O) groups is 1. The molecule has 0 bridgehead atoms. The summed E-state index contributed by atoms with van der Waals surface area (Å²) in [4.78, 5) is 21.6. The van der Waals surface area contributed by atoms with Crippen LogP contribution in [0.3, 0.4) is 0 Å². The number of oxazole rings is 1. The molecule has 3 aromatic rings. The van der Waals surface area contributed by atoms with Gasteiger partial charge in [0.25, 0.3) is 0 Å². The van der Waals surface area contributed by atoms with Gasteiger partial charge >= 0.3 is 5.97 Å². The lowest BCUT2D eigenvalue weighted by Crippen LogP contribution is -2.37. The molecule has 3 rings (SSSR count). The summed E-state index contributed by atoms with van der Waals surface area (Å²) in [6, 6.07) is 17.2. The number of ether oxygens (including phenoxy) is 1. The van der Waals surface area contributed by atoms with Crippen LogP contribution in [0.4, 0.5) is 0 Å². The second-order valence-electron chi connectivity index (χ2n) is 8.04. The van der Waals surface area contributed by atoms with Gasteiger partial charge in [0.2, 0.25) is 5.89 Å². The van der Waals surface area contributed by atoms with Gasteiger partial charge in [-0.3, -0.25) is 4.79 Å². The second kappa shape index (κ2) is 10.8. The molecule has 1 N–H and O–H groups in total. The molecule has 0 fully saturated rings. The van der Waals surface area contributed by atoms with Gasteiger partial charge in [-0.15, -0.1) is 0 Å². The normalized spacial score (nSPS) is 13.4. The smallest absolute Gasteiger partial charge is 0.315 e. The summed E-state index contributed by atoms with van der Waals surface area (Å²) in [7, 11) is 0. The summed E-state index contributed by atoms with van der Waals surface area (Å²) < 4.78 is 11.7. The molecule has 0 spiro atoms. The van der Waals surface area contributed by atoms with E-state index in [1.165, 1.54) is 0 Å². The standard InChI is InChI=1S/C26H30N2O5/c1-5-32-28-19(3)26(4,25(29)30)17-20-11-13-22(14-12-20)31-16-15-23-18(2)33-24(27-23)21-9-7-6-8-10-21/h6-14H,5,15-17H2,1-4H3,(H,29,30). The number of aryl methyl sites for hydroxylation is 1. The minimum atomic E-state index is -1.15. The lowest BCUT2D eigenvalue weighted by atomic mass is 9.80. The fraction of sp³-hybridized carbons (Fsp3) is 0.346. The minimum absolute atomic E-state index is 0.297. The van der Waals surface area contributed by atoms with Crippen molar-refractivity contribution in [3.8, 4) is 17.2 Å². The molecule has 0 radical (unpaired) electrons. The Bertz CT molecular complexity index is 1090. The fourth-order valence-electron chi connectivity index (χ4n) is 3.36. The Hall–Kier alpha value is -3.61. The first-order valence-electron chi connectivity index (χ1n) is 11.0. The molecule has 0 saturated carbocycles. The number of carboxylic acid groups (broad SMARTS) is 1. The SMILES string of the molecule is CCON=C(C)C(C)(Cc1ccc(OCCc2nc(-c3ccccc3)oc2C)cc1)C(=O)O. The van der Waals surface area contributed by atoms with Gasteiger partial charge in [-0.1, -0.05) is 35.5 Å².